The summed E-state index contributed by atoms with van der Waals surface area (Å²) < 4.78 is 28.2. The van der Waals surface area contributed by atoms with Crippen LogP contribution >= 0.6 is 0 Å². The van der Waals surface area contributed by atoms with Crippen molar-refractivity contribution in [3.63, 3.8) is 0 Å². The molecule has 2 fully saturated rings. The van der Waals surface area contributed by atoms with E-state index in [4.69, 9.17) is 23.5 Å². The van der Waals surface area contributed by atoms with Crippen LogP contribution in [0.5, 0.6) is 0 Å². The fourth-order valence-electron chi connectivity index (χ4n) is 2.72. The van der Waals surface area contributed by atoms with E-state index in [-0.39, 0.29) is 11.8 Å². The SMILES string of the molecule is COC(=O)c1cc(B2OC(C)(C)C(C)(C)O2)cc(C2COCCO2)n1. The van der Waals surface area contributed by atoms with Gasteiger partial charge in [0.15, 0.2) is 0 Å². The summed E-state index contributed by atoms with van der Waals surface area (Å²) in [5.74, 6) is -0.517. The molecule has 1 aromatic heterocycles. The number of nitrogens with zero attached hydrogens (tertiary/aromatic N) is 1. The molecule has 0 aliphatic carbocycles. The third-order valence-electron chi connectivity index (χ3n) is 4.93. The van der Waals surface area contributed by atoms with Crippen LogP contribution in [0.2, 0.25) is 0 Å². The third-order valence-corrected chi connectivity index (χ3v) is 4.93. The minimum atomic E-state index is -0.598. The summed E-state index contributed by atoms with van der Waals surface area (Å²) >= 11 is 0. The number of pyridine rings is 1. The summed E-state index contributed by atoms with van der Waals surface area (Å²) in [6.45, 7) is 9.35. The van der Waals surface area contributed by atoms with Crippen molar-refractivity contribution in [2.45, 2.75) is 45.0 Å². The standard InChI is InChI=1S/C17H24BNO6/c1-16(2)17(3,4)25-18(24-16)11-8-12(14-10-22-6-7-23-14)19-13(9-11)15(20)21-5/h8-9,14H,6-7,10H2,1-5H3. The zero-order chi connectivity index (χ0) is 18.2. The largest absolute Gasteiger partial charge is 0.494 e. The zero-order valence-electron chi connectivity index (χ0n) is 15.3. The predicted octanol–water partition coefficient (Wildman–Crippen LogP) is 1.26. The molecule has 25 heavy (non-hydrogen) atoms. The van der Waals surface area contributed by atoms with Gasteiger partial charge < -0.3 is 23.5 Å². The topological polar surface area (TPSA) is 76.1 Å². The number of aromatic nitrogens is 1. The highest BCUT2D eigenvalue weighted by Gasteiger charge is 2.52. The summed E-state index contributed by atoms with van der Waals surface area (Å²) in [4.78, 5) is 16.4. The molecule has 0 radical (unpaired) electrons. The van der Waals surface area contributed by atoms with Crippen molar-refractivity contribution in [2.75, 3.05) is 26.9 Å². The van der Waals surface area contributed by atoms with Crippen molar-refractivity contribution < 1.29 is 28.3 Å². The monoisotopic (exact) mass is 349 g/mol. The Hall–Kier alpha value is -1.48. The maximum Gasteiger partial charge on any atom is 0.494 e. The molecule has 1 unspecified atom stereocenters. The summed E-state index contributed by atoms with van der Waals surface area (Å²) in [6, 6.07) is 3.48. The zero-order valence-corrected chi connectivity index (χ0v) is 15.3. The number of ether oxygens (including phenoxy) is 3. The van der Waals surface area contributed by atoms with Crippen LogP contribution in [0.25, 0.3) is 0 Å². The first-order chi connectivity index (χ1) is 11.7. The number of carbonyl (C=O) groups is 1. The van der Waals surface area contributed by atoms with Crippen LogP contribution in [0, 0.1) is 0 Å². The Morgan fingerprint density at radius 1 is 1.20 bits per heavy atom. The maximum absolute atomic E-state index is 12.0. The quantitative estimate of drug-likeness (QED) is 0.601. The van der Waals surface area contributed by atoms with Crippen molar-refractivity contribution in [1.29, 1.82) is 0 Å². The molecule has 2 aliphatic heterocycles. The molecule has 0 aromatic carbocycles. The molecule has 1 aromatic rings. The molecule has 0 spiro atoms. The number of esters is 1. The number of hydrogen-bond acceptors (Lipinski definition) is 7. The second-order valence-corrected chi connectivity index (χ2v) is 7.22. The molecule has 0 amide bonds. The van der Waals surface area contributed by atoms with Crippen molar-refractivity contribution >= 4 is 18.6 Å². The molecule has 3 heterocycles. The first-order valence-electron chi connectivity index (χ1n) is 8.39. The molecular weight excluding hydrogens is 325 g/mol. The smallest absolute Gasteiger partial charge is 0.464 e. The van der Waals surface area contributed by atoms with E-state index in [1.807, 2.05) is 33.8 Å². The van der Waals surface area contributed by atoms with Crippen LogP contribution in [-0.2, 0) is 23.5 Å². The molecule has 1 atom stereocenters. The van der Waals surface area contributed by atoms with E-state index >= 15 is 0 Å². The number of methoxy groups -OCH3 is 1. The van der Waals surface area contributed by atoms with E-state index in [9.17, 15) is 4.79 Å². The van der Waals surface area contributed by atoms with E-state index in [1.165, 1.54) is 7.11 Å². The molecule has 3 rings (SSSR count). The Labute approximate surface area is 148 Å². The third kappa shape index (κ3) is 3.57. The Morgan fingerprint density at radius 2 is 1.88 bits per heavy atom. The first-order valence-corrected chi connectivity index (χ1v) is 8.39. The van der Waals surface area contributed by atoms with Gasteiger partial charge in [0, 0.05) is 0 Å². The van der Waals surface area contributed by atoms with Crippen molar-refractivity contribution in [1.82, 2.24) is 4.98 Å². The van der Waals surface area contributed by atoms with Crippen LogP contribution in [-0.4, -0.2) is 56.2 Å². The van der Waals surface area contributed by atoms with Crippen LogP contribution in [0.4, 0.5) is 0 Å². The summed E-state index contributed by atoms with van der Waals surface area (Å²) in [5.41, 5.74) is 0.554. The average molecular weight is 349 g/mol. The fraction of sp³-hybridized carbons (Fsp3) is 0.647. The Balaban J connectivity index is 1.97. The molecule has 7 nitrogen and oxygen atoms in total. The van der Waals surface area contributed by atoms with Crippen molar-refractivity contribution in [3.05, 3.63) is 23.5 Å². The van der Waals surface area contributed by atoms with Gasteiger partial charge in [-0.1, -0.05) is 0 Å². The Bertz CT molecular complexity index is 641. The van der Waals surface area contributed by atoms with Crippen LogP contribution in [0.15, 0.2) is 12.1 Å². The minimum absolute atomic E-state index is 0.193. The highest BCUT2D eigenvalue weighted by atomic mass is 16.7. The maximum atomic E-state index is 12.0. The van der Waals surface area contributed by atoms with Crippen LogP contribution in [0.3, 0.4) is 0 Å². The number of hydrogen-bond donors (Lipinski definition) is 0. The second kappa shape index (κ2) is 6.68. The van der Waals surface area contributed by atoms with E-state index in [0.717, 1.165) is 0 Å². The van der Waals surface area contributed by atoms with Crippen molar-refractivity contribution in [3.8, 4) is 0 Å². The first kappa shape index (κ1) is 18.3. The molecular formula is C17H24BNO6. The summed E-state index contributed by atoms with van der Waals surface area (Å²) in [6.07, 6.45) is -0.334. The number of carbonyl (C=O) groups excluding carboxylic acids is 1. The highest BCUT2D eigenvalue weighted by Crippen LogP contribution is 2.36. The lowest BCUT2D eigenvalue weighted by Gasteiger charge is -2.32. The van der Waals surface area contributed by atoms with Gasteiger partial charge in [-0.2, -0.15) is 0 Å². The van der Waals surface area contributed by atoms with Gasteiger partial charge in [0.2, 0.25) is 0 Å². The van der Waals surface area contributed by atoms with Gasteiger partial charge in [-0.05, 0) is 45.3 Å². The van der Waals surface area contributed by atoms with Gasteiger partial charge in [0.05, 0.1) is 43.8 Å². The molecule has 2 saturated heterocycles. The van der Waals surface area contributed by atoms with E-state index in [2.05, 4.69) is 4.98 Å². The van der Waals surface area contributed by atoms with Gasteiger partial charge in [-0.25, -0.2) is 9.78 Å². The van der Waals surface area contributed by atoms with Crippen LogP contribution in [0.1, 0.15) is 50.0 Å². The number of rotatable bonds is 3. The summed E-state index contributed by atoms with van der Waals surface area (Å²) in [7, 11) is 0.727. The lowest BCUT2D eigenvalue weighted by Crippen LogP contribution is -2.41. The molecule has 2 aliphatic rings. The Kier molecular flexibility index (Phi) is 4.90. The highest BCUT2D eigenvalue weighted by molar-refractivity contribution is 6.62. The second-order valence-electron chi connectivity index (χ2n) is 7.22. The molecule has 0 bridgehead atoms. The minimum Gasteiger partial charge on any atom is -0.464 e. The lowest BCUT2D eigenvalue weighted by atomic mass is 9.78. The molecule has 136 valence electrons. The average Bonchev–Trinajstić information content (AvgIpc) is 2.82. The molecule has 0 saturated carbocycles. The van der Waals surface area contributed by atoms with Gasteiger partial charge in [-0.15, -0.1) is 0 Å². The van der Waals surface area contributed by atoms with E-state index in [1.54, 1.807) is 6.07 Å². The van der Waals surface area contributed by atoms with Gasteiger partial charge in [0.1, 0.15) is 11.8 Å². The normalized spacial score (nSPS) is 25.0. The van der Waals surface area contributed by atoms with E-state index in [0.29, 0.717) is 31.0 Å². The lowest BCUT2D eigenvalue weighted by molar-refractivity contribution is -0.0917. The fourth-order valence-corrected chi connectivity index (χ4v) is 2.72. The van der Waals surface area contributed by atoms with Gasteiger partial charge in [0.25, 0.3) is 0 Å². The van der Waals surface area contributed by atoms with Crippen LogP contribution < -0.4 is 5.46 Å². The summed E-state index contributed by atoms with van der Waals surface area (Å²) in [5, 5.41) is 0. The van der Waals surface area contributed by atoms with Gasteiger partial charge >= 0.3 is 13.1 Å². The van der Waals surface area contributed by atoms with Gasteiger partial charge in [-0.3, -0.25) is 0 Å². The molecule has 0 N–H and O–H groups in total. The van der Waals surface area contributed by atoms with E-state index < -0.39 is 24.3 Å². The molecule has 8 heteroatoms. The van der Waals surface area contributed by atoms with Crippen molar-refractivity contribution in [2.24, 2.45) is 0 Å². The predicted molar refractivity (Wildman–Crippen MR) is 90.8 cm³/mol. The Morgan fingerprint density at radius 3 is 2.44 bits per heavy atom.